The lowest BCUT2D eigenvalue weighted by Crippen LogP contribution is -2.25. The molecular weight excluding hydrogens is 194 g/mol. The highest BCUT2D eigenvalue weighted by Crippen LogP contribution is 2.14. The van der Waals surface area contributed by atoms with Gasteiger partial charge in [-0.2, -0.15) is 0 Å². The summed E-state index contributed by atoms with van der Waals surface area (Å²) in [6.45, 7) is 2.44. The van der Waals surface area contributed by atoms with Crippen molar-refractivity contribution in [2.45, 2.75) is 12.8 Å². The molecule has 82 valence electrons. The van der Waals surface area contributed by atoms with Crippen molar-refractivity contribution in [3.8, 4) is 0 Å². The van der Waals surface area contributed by atoms with Gasteiger partial charge in [0.2, 0.25) is 0 Å². The lowest BCUT2D eigenvalue weighted by molar-refractivity contribution is 0.0699. The summed E-state index contributed by atoms with van der Waals surface area (Å²) < 4.78 is 5.26. The van der Waals surface area contributed by atoms with E-state index < -0.39 is 0 Å². The van der Waals surface area contributed by atoms with Crippen LogP contribution in [-0.4, -0.2) is 29.7 Å². The Morgan fingerprint density at radius 3 is 3.07 bits per heavy atom. The maximum atomic E-state index is 11.3. The summed E-state index contributed by atoms with van der Waals surface area (Å²) >= 11 is 0. The van der Waals surface area contributed by atoms with E-state index in [-0.39, 0.29) is 5.56 Å². The molecule has 5 heteroatoms. The fourth-order valence-corrected chi connectivity index (χ4v) is 1.67. The van der Waals surface area contributed by atoms with Crippen LogP contribution in [0.4, 0.5) is 5.82 Å². The van der Waals surface area contributed by atoms with Crippen molar-refractivity contribution in [3.05, 3.63) is 22.7 Å². The van der Waals surface area contributed by atoms with Crippen LogP contribution in [0.1, 0.15) is 12.8 Å². The van der Waals surface area contributed by atoms with E-state index in [0.29, 0.717) is 11.7 Å². The lowest BCUT2D eigenvalue weighted by atomic mass is 10.0. The topological polar surface area (TPSA) is 67.0 Å². The highest BCUT2D eigenvalue weighted by molar-refractivity contribution is 5.29. The number of aromatic amines is 1. The zero-order valence-corrected chi connectivity index (χ0v) is 8.53. The molecule has 1 aliphatic heterocycles. The lowest BCUT2D eigenvalue weighted by Gasteiger charge is -2.22. The van der Waals surface area contributed by atoms with Crippen LogP contribution in [0.25, 0.3) is 0 Å². The molecule has 0 aliphatic carbocycles. The van der Waals surface area contributed by atoms with Crippen molar-refractivity contribution < 1.29 is 4.74 Å². The minimum Gasteiger partial charge on any atom is -0.381 e. The molecule has 15 heavy (non-hydrogen) atoms. The van der Waals surface area contributed by atoms with Gasteiger partial charge in [0.25, 0.3) is 5.56 Å². The Morgan fingerprint density at radius 2 is 2.33 bits per heavy atom. The average molecular weight is 209 g/mol. The van der Waals surface area contributed by atoms with Gasteiger partial charge in [0.1, 0.15) is 0 Å². The van der Waals surface area contributed by atoms with Gasteiger partial charge in [-0.05, 0) is 18.8 Å². The van der Waals surface area contributed by atoms with Crippen molar-refractivity contribution in [3.63, 3.8) is 0 Å². The fraction of sp³-hybridized carbons (Fsp3) is 0.600. The van der Waals surface area contributed by atoms with Gasteiger partial charge in [0, 0.05) is 32.2 Å². The Bertz CT molecular complexity index is 358. The Balaban J connectivity index is 1.87. The number of hydrogen-bond acceptors (Lipinski definition) is 4. The zero-order valence-electron chi connectivity index (χ0n) is 8.53. The van der Waals surface area contributed by atoms with Crippen molar-refractivity contribution in [2.24, 2.45) is 5.92 Å². The van der Waals surface area contributed by atoms with E-state index in [0.717, 1.165) is 32.6 Å². The first-order valence-corrected chi connectivity index (χ1v) is 5.21. The number of aromatic nitrogens is 2. The van der Waals surface area contributed by atoms with Crippen LogP contribution < -0.4 is 10.9 Å². The third-order valence-electron chi connectivity index (χ3n) is 2.61. The van der Waals surface area contributed by atoms with Crippen LogP contribution in [0, 0.1) is 5.92 Å². The highest BCUT2D eigenvalue weighted by Gasteiger charge is 2.13. The fourth-order valence-electron chi connectivity index (χ4n) is 1.67. The summed E-state index contributed by atoms with van der Waals surface area (Å²) in [6.07, 6.45) is 5.21. The van der Waals surface area contributed by atoms with E-state index in [2.05, 4.69) is 15.3 Å². The van der Waals surface area contributed by atoms with Crippen LogP contribution in [0.5, 0.6) is 0 Å². The summed E-state index contributed by atoms with van der Waals surface area (Å²) in [5.74, 6) is 0.990. The molecule has 0 atom stereocenters. The average Bonchev–Trinajstić information content (AvgIpc) is 2.29. The smallest absolute Gasteiger partial charge is 0.290 e. The van der Waals surface area contributed by atoms with E-state index in [1.54, 1.807) is 6.20 Å². The summed E-state index contributed by atoms with van der Waals surface area (Å²) in [7, 11) is 0. The summed E-state index contributed by atoms with van der Waals surface area (Å²) in [5, 5.41) is 3.07. The number of nitrogens with zero attached hydrogens (tertiary/aromatic N) is 1. The zero-order chi connectivity index (χ0) is 10.5. The molecule has 0 aromatic carbocycles. The van der Waals surface area contributed by atoms with Gasteiger partial charge in [-0.15, -0.1) is 0 Å². The molecule has 2 heterocycles. The number of hydrogen-bond donors (Lipinski definition) is 2. The molecule has 5 nitrogen and oxygen atoms in total. The molecule has 1 aromatic rings. The first kappa shape index (κ1) is 10.2. The van der Waals surface area contributed by atoms with E-state index in [9.17, 15) is 4.79 Å². The van der Waals surface area contributed by atoms with Crippen LogP contribution in [0.3, 0.4) is 0 Å². The summed E-state index contributed by atoms with van der Waals surface area (Å²) in [4.78, 5) is 17.8. The van der Waals surface area contributed by atoms with Crippen LogP contribution in [-0.2, 0) is 4.74 Å². The molecule has 0 bridgehead atoms. The molecular formula is C10H15N3O2. The maximum Gasteiger partial charge on any atom is 0.290 e. The maximum absolute atomic E-state index is 11.3. The van der Waals surface area contributed by atoms with Gasteiger partial charge < -0.3 is 15.0 Å². The highest BCUT2D eigenvalue weighted by atomic mass is 16.5. The second-order valence-corrected chi connectivity index (χ2v) is 3.70. The van der Waals surface area contributed by atoms with Crippen molar-refractivity contribution in [1.82, 2.24) is 9.97 Å². The minimum atomic E-state index is -0.162. The normalized spacial score (nSPS) is 17.6. The SMILES string of the molecule is O=c1[nH]ccnc1NCC1CCOCC1. The quantitative estimate of drug-likeness (QED) is 0.765. The molecule has 1 fully saturated rings. The predicted octanol–water partition coefficient (Wildman–Crippen LogP) is 0.608. The molecule has 1 saturated heterocycles. The number of anilines is 1. The third kappa shape index (κ3) is 2.79. The monoisotopic (exact) mass is 209 g/mol. The molecule has 0 radical (unpaired) electrons. The first-order valence-electron chi connectivity index (χ1n) is 5.21. The van der Waals surface area contributed by atoms with Crippen LogP contribution >= 0.6 is 0 Å². The summed E-state index contributed by atoms with van der Waals surface area (Å²) in [5.41, 5.74) is -0.162. The van der Waals surface area contributed by atoms with E-state index >= 15 is 0 Å². The van der Waals surface area contributed by atoms with Gasteiger partial charge in [0.05, 0.1) is 0 Å². The molecule has 0 spiro atoms. The van der Waals surface area contributed by atoms with Crippen molar-refractivity contribution >= 4 is 5.82 Å². The van der Waals surface area contributed by atoms with E-state index in [4.69, 9.17) is 4.74 Å². The molecule has 0 unspecified atom stereocenters. The summed E-state index contributed by atoms with van der Waals surface area (Å²) in [6, 6.07) is 0. The molecule has 0 saturated carbocycles. The van der Waals surface area contributed by atoms with Gasteiger partial charge in [-0.1, -0.05) is 0 Å². The Morgan fingerprint density at radius 1 is 1.53 bits per heavy atom. The minimum absolute atomic E-state index is 0.162. The predicted molar refractivity (Wildman–Crippen MR) is 56.9 cm³/mol. The van der Waals surface area contributed by atoms with Crippen LogP contribution in [0.2, 0.25) is 0 Å². The third-order valence-corrected chi connectivity index (χ3v) is 2.61. The number of H-pyrrole nitrogens is 1. The Labute approximate surface area is 87.9 Å². The Hall–Kier alpha value is -1.36. The molecule has 1 aromatic heterocycles. The number of ether oxygens (including phenoxy) is 1. The number of nitrogens with one attached hydrogen (secondary N) is 2. The van der Waals surface area contributed by atoms with Crippen LogP contribution in [0.15, 0.2) is 17.2 Å². The van der Waals surface area contributed by atoms with Gasteiger partial charge in [-0.25, -0.2) is 4.98 Å². The van der Waals surface area contributed by atoms with E-state index in [1.165, 1.54) is 6.20 Å². The molecule has 2 N–H and O–H groups in total. The second-order valence-electron chi connectivity index (χ2n) is 3.70. The molecule has 0 amide bonds. The Kier molecular flexibility index (Phi) is 3.34. The van der Waals surface area contributed by atoms with E-state index in [1.807, 2.05) is 0 Å². The largest absolute Gasteiger partial charge is 0.381 e. The van der Waals surface area contributed by atoms with Gasteiger partial charge >= 0.3 is 0 Å². The van der Waals surface area contributed by atoms with Crippen molar-refractivity contribution in [1.29, 1.82) is 0 Å². The first-order chi connectivity index (χ1) is 7.36. The molecule has 1 aliphatic rings. The van der Waals surface area contributed by atoms with Gasteiger partial charge in [0.15, 0.2) is 5.82 Å². The standard InChI is InChI=1S/C10H15N3O2/c14-10-9(11-3-4-12-10)13-7-8-1-5-15-6-2-8/h3-4,8H,1-2,5-7H2,(H,11,13)(H,12,14). The number of rotatable bonds is 3. The van der Waals surface area contributed by atoms with Gasteiger partial charge in [-0.3, -0.25) is 4.79 Å². The van der Waals surface area contributed by atoms with Crippen molar-refractivity contribution in [2.75, 3.05) is 25.1 Å². The second kappa shape index (κ2) is 4.93. The molecule has 2 rings (SSSR count).